The Balaban J connectivity index is 1.97. The van der Waals surface area contributed by atoms with Crippen LogP contribution in [0.4, 0.5) is 0 Å². The number of carbonyl (C=O) groups is 2. The van der Waals surface area contributed by atoms with Crippen LogP contribution in [-0.2, 0) is 14.3 Å². The Morgan fingerprint density at radius 3 is 2.43 bits per heavy atom. The van der Waals surface area contributed by atoms with Crippen LogP contribution < -0.4 is 5.32 Å². The van der Waals surface area contributed by atoms with Crippen molar-refractivity contribution in [2.45, 2.75) is 18.9 Å². The maximum Gasteiger partial charge on any atom is 0.311 e. The molecule has 0 spiro atoms. The van der Waals surface area contributed by atoms with Gasteiger partial charge in [-0.05, 0) is 18.4 Å². The van der Waals surface area contributed by atoms with Gasteiger partial charge in [-0.2, -0.15) is 0 Å². The van der Waals surface area contributed by atoms with Crippen LogP contribution in [0.2, 0.25) is 0 Å². The summed E-state index contributed by atoms with van der Waals surface area (Å²) in [5, 5.41) is 21.9. The van der Waals surface area contributed by atoms with E-state index in [9.17, 15) is 19.8 Å². The van der Waals surface area contributed by atoms with Gasteiger partial charge in [0.2, 0.25) is 0 Å². The van der Waals surface area contributed by atoms with Crippen LogP contribution in [0.1, 0.15) is 24.5 Å². The molecule has 1 fully saturated rings. The van der Waals surface area contributed by atoms with Gasteiger partial charge in [0.15, 0.2) is 6.10 Å². The number of hydrogen-bond donors (Lipinski definition) is 3. The van der Waals surface area contributed by atoms with Crippen LogP contribution >= 0.6 is 0 Å². The van der Waals surface area contributed by atoms with Gasteiger partial charge in [0, 0.05) is 19.8 Å². The van der Waals surface area contributed by atoms with Crippen molar-refractivity contribution >= 4 is 11.9 Å². The number of aliphatic hydroxyl groups excluding tert-OH is 1. The van der Waals surface area contributed by atoms with E-state index in [2.05, 4.69) is 5.32 Å². The minimum absolute atomic E-state index is 0.00554. The Morgan fingerprint density at radius 2 is 1.86 bits per heavy atom. The number of ether oxygens (including phenoxy) is 1. The van der Waals surface area contributed by atoms with E-state index in [0.717, 1.165) is 0 Å². The third-order valence-electron chi connectivity index (χ3n) is 3.87. The topological polar surface area (TPSA) is 95.9 Å². The van der Waals surface area contributed by atoms with Crippen LogP contribution in [0.25, 0.3) is 0 Å². The Hall–Kier alpha value is -1.92. The lowest BCUT2D eigenvalue weighted by atomic mass is 9.80. The van der Waals surface area contributed by atoms with Crippen molar-refractivity contribution in [3.8, 4) is 0 Å². The van der Waals surface area contributed by atoms with Crippen molar-refractivity contribution in [2.75, 3.05) is 19.8 Å². The quantitative estimate of drug-likeness (QED) is 0.743. The molecule has 0 aliphatic carbocycles. The van der Waals surface area contributed by atoms with Crippen LogP contribution in [0.3, 0.4) is 0 Å². The zero-order valence-electron chi connectivity index (χ0n) is 11.6. The summed E-state index contributed by atoms with van der Waals surface area (Å²) in [5.41, 5.74) is -0.532. The molecule has 1 unspecified atom stereocenters. The summed E-state index contributed by atoms with van der Waals surface area (Å²) in [7, 11) is 0. The minimum atomic E-state index is -1.29. The first kappa shape index (κ1) is 15.5. The lowest BCUT2D eigenvalue weighted by molar-refractivity contribution is -0.155. The van der Waals surface area contributed by atoms with Gasteiger partial charge in [-0.15, -0.1) is 0 Å². The molecular weight excluding hydrogens is 274 g/mol. The van der Waals surface area contributed by atoms with E-state index in [-0.39, 0.29) is 6.54 Å². The molecule has 0 radical (unpaired) electrons. The lowest BCUT2D eigenvalue weighted by Gasteiger charge is -2.33. The molecule has 6 heteroatoms. The van der Waals surface area contributed by atoms with Crippen LogP contribution in [-0.4, -0.2) is 41.8 Å². The molecule has 0 saturated carbocycles. The number of aliphatic carboxylic acids is 1. The van der Waals surface area contributed by atoms with Crippen molar-refractivity contribution in [1.29, 1.82) is 0 Å². The summed E-state index contributed by atoms with van der Waals surface area (Å²) in [6, 6.07) is 8.53. The van der Waals surface area contributed by atoms with Gasteiger partial charge in [-0.25, -0.2) is 0 Å². The Morgan fingerprint density at radius 1 is 1.24 bits per heavy atom. The standard InChI is InChI=1S/C15H19NO5/c17-12(11-4-2-1-3-5-11)13(18)16-10-15(14(19)20)6-8-21-9-7-15/h1-5,12,17H,6-10H2,(H,16,18)(H,19,20). The van der Waals surface area contributed by atoms with Gasteiger partial charge in [0.05, 0.1) is 5.41 Å². The average Bonchev–Trinajstić information content (AvgIpc) is 2.53. The summed E-state index contributed by atoms with van der Waals surface area (Å²) in [5.74, 6) is -1.53. The second kappa shape index (κ2) is 6.69. The molecule has 1 heterocycles. The molecule has 2 rings (SSSR count). The highest BCUT2D eigenvalue weighted by Gasteiger charge is 2.40. The van der Waals surface area contributed by atoms with Gasteiger partial charge in [0.25, 0.3) is 5.91 Å². The molecule has 0 aromatic heterocycles. The number of amides is 1. The van der Waals surface area contributed by atoms with Gasteiger partial charge >= 0.3 is 5.97 Å². The monoisotopic (exact) mass is 293 g/mol. The lowest BCUT2D eigenvalue weighted by Crippen LogP contribution is -2.47. The Kier molecular flexibility index (Phi) is 4.93. The van der Waals surface area contributed by atoms with E-state index in [1.54, 1.807) is 30.3 Å². The molecule has 1 aromatic carbocycles. The maximum absolute atomic E-state index is 12.0. The molecule has 1 saturated heterocycles. The van der Waals surface area contributed by atoms with E-state index in [0.29, 0.717) is 31.6 Å². The van der Waals surface area contributed by atoms with Crippen molar-refractivity contribution < 1.29 is 24.5 Å². The second-order valence-electron chi connectivity index (χ2n) is 5.23. The predicted octanol–water partition coefficient (Wildman–Crippen LogP) is 0.718. The fourth-order valence-corrected chi connectivity index (χ4v) is 2.37. The predicted molar refractivity (Wildman–Crippen MR) is 74.5 cm³/mol. The van der Waals surface area contributed by atoms with E-state index < -0.39 is 23.4 Å². The second-order valence-corrected chi connectivity index (χ2v) is 5.23. The summed E-state index contributed by atoms with van der Waals surface area (Å²) >= 11 is 0. The SMILES string of the molecule is O=C(NCC1(C(=O)O)CCOCC1)C(O)c1ccccc1. The summed E-state index contributed by atoms with van der Waals surface area (Å²) in [6.45, 7) is 0.723. The molecule has 1 amide bonds. The molecule has 3 N–H and O–H groups in total. The number of carboxylic acids is 1. The maximum atomic E-state index is 12.0. The molecule has 1 atom stereocenters. The average molecular weight is 293 g/mol. The molecule has 21 heavy (non-hydrogen) atoms. The number of nitrogens with one attached hydrogen (secondary N) is 1. The Bertz CT molecular complexity index is 496. The number of rotatable bonds is 5. The number of aliphatic hydroxyl groups is 1. The van der Waals surface area contributed by atoms with E-state index in [1.165, 1.54) is 0 Å². The molecule has 1 aromatic rings. The third-order valence-corrected chi connectivity index (χ3v) is 3.87. The summed E-state index contributed by atoms with van der Waals surface area (Å²) in [4.78, 5) is 23.4. The number of benzene rings is 1. The Labute approximate surface area is 122 Å². The summed E-state index contributed by atoms with van der Waals surface area (Å²) in [6.07, 6.45) is -0.592. The van der Waals surface area contributed by atoms with E-state index in [4.69, 9.17) is 4.74 Å². The first-order chi connectivity index (χ1) is 10.1. The number of carbonyl (C=O) groups excluding carboxylic acids is 1. The highest BCUT2D eigenvalue weighted by Crippen LogP contribution is 2.30. The highest BCUT2D eigenvalue weighted by molar-refractivity contribution is 5.83. The first-order valence-corrected chi connectivity index (χ1v) is 6.87. The van der Waals surface area contributed by atoms with Crippen LogP contribution in [0.5, 0.6) is 0 Å². The number of carboxylic acid groups (broad SMARTS) is 1. The molecule has 0 bridgehead atoms. The molecule has 1 aliphatic heterocycles. The van der Waals surface area contributed by atoms with Crippen molar-refractivity contribution in [1.82, 2.24) is 5.32 Å². The zero-order valence-corrected chi connectivity index (χ0v) is 11.6. The van der Waals surface area contributed by atoms with Crippen LogP contribution in [0, 0.1) is 5.41 Å². The molecule has 6 nitrogen and oxygen atoms in total. The molecule has 114 valence electrons. The van der Waals surface area contributed by atoms with Crippen molar-refractivity contribution in [3.63, 3.8) is 0 Å². The molecular formula is C15H19NO5. The zero-order chi connectivity index (χ0) is 15.3. The van der Waals surface area contributed by atoms with E-state index >= 15 is 0 Å². The van der Waals surface area contributed by atoms with Gasteiger partial charge in [-0.3, -0.25) is 9.59 Å². The first-order valence-electron chi connectivity index (χ1n) is 6.87. The fourth-order valence-electron chi connectivity index (χ4n) is 2.37. The van der Waals surface area contributed by atoms with Gasteiger partial charge in [-0.1, -0.05) is 30.3 Å². The van der Waals surface area contributed by atoms with Gasteiger partial charge < -0.3 is 20.3 Å². The van der Waals surface area contributed by atoms with E-state index in [1.807, 2.05) is 0 Å². The van der Waals surface area contributed by atoms with Crippen molar-refractivity contribution in [3.05, 3.63) is 35.9 Å². The molecule has 1 aliphatic rings. The smallest absolute Gasteiger partial charge is 0.311 e. The number of hydrogen-bond acceptors (Lipinski definition) is 4. The normalized spacial score (nSPS) is 18.7. The minimum Gasteiger partial charge on any atom is -0.481 e. The fraction of sp³-hybridized carbons (Fsp3) is 0.467. The highest BCUT2D eigenvalue weighted by atomic mass is 16.5. The van der Waals surface area contributed by atoms with Gasteiger partial charge in [0.1, 0.15) is 0 Å². The van der Waals surface area contributed by atoms with Crippen LogP contribution in [0.15, 0.2) is 30.3 Å². The summed E-state index contributed by atoms with van der Waals surface area (Å²) < 4.78 is 5.17. The largest absolute Gasteiger partial charge is 0.481 e. The third kappa shape index (κ3) is 3.59. The van der Waals surface area contributed by atoms with Crippen molar-refractivity contribution in [2.24, 2.45) is 5.41 Å².